The highest BCUT2D eigenvalue weighted by molar-refractivity contribution is 6.06. The SMILES string of the molecule is CCOC(=O)CC(=O)/C=C(\NC)C(=O)NC. The molecular formula is C10H16N2O4. The van der Waals surface area contributed by atoms with Crippen LogP contribution in [0.25, 0.3) is 0 Å². The molecule has 0 bridgehead atoms. The topological polar surface area (TPSA) is 84.5 Å². The highest BCUT2D eigenvalue weighted by Crippen LogP contribution is 1.95. The largest absolute Gasteiger partial charge is 0.466 e. The van der Waals surface area contributed by atoms with Crippen LogP contribution in [0.2, 0.25) is 0 Å². The maximum atomic E-state index is 11.3. The number of carbonyl (C=O) groups is 3. The first-order chi connectivity index (χ1) is 7.54. The molecule has 0 saturated carbocycles. The zero-order valence-corrected chi connectivity index (χ0v) is 9.62. The highest BCUT2D eigenvalue weighted by atomic mass is 16.5. The Morgan fingerprint density at radius 2 is 1.81 bits per heavy atom. The van der Waals surface area contributed by atoms with Crippen LogP contribution < -0.4 is 10.6 Å². The van der Waals surface area contributed by atoms with Crippen molar-refractivity contribution in [3.63, 3.8) is 0 Å². The number of ketones is 1. The van der Waals surface area contributed by atoms with Gasteiger partial charge in [-0.05, 0) is 6.92 Å². The van der Waals surface area contributed by atoms with E-state index >= 15 is 0 Å². The number of hydrogen-bond donors (Lipinski definition) is 2. The number of allylic oxidation sites excluding steroid dienone is 1. The molecule has 0 heterocycles. The third-order valence-corrected chi connectivity index (χ3v) is 1.67. The summed E-state index contributed by atoms with van der Waals surface area (Å²) in [5, 5.41) is 4.93. The van der Waals surface area contributed by atoms with Crippen LogP contribution in [0.1, 0.15) is 13.3 Å². The molecule has 0 unspecified atom stereocenters. The molecule has 0 aromatic carbocycles. The fourth-order valence-electron chi connectivity index (χ4n) is 0.952. The van der Waals surface area contributed by atoms with E-state index in [-0.39, 0.29) is 18.7 Å². The van der Waals surface area contributed by atoms with Gasteiger partial charge in [0.25, 0.3) is 5.91 Å². The number of carbonyl (C=O) groups excluding carboxylic acids is 3. The Labute approximate surface area is 94.0 Å². The van der Waals surface area contributed by atoms with E-state index in [0.29, 0.717) is 0 Å². The van der Waals surface area contributed by atoms with E-state index in [4.69, 9.17) is 0 Å². The summed E-state index contributed by atoms with van der Waals surface area (Å²) in [6.07, 6.45) is 0.714. The quantitative estimate of drug-likeness (QED) is 0.359. The van der Waals surface area contributed by atoms with Gasteiger partial charge in [-0.2, -0.15) is 0 Å². The van der Waals surface area contributed by atoms with Crippen molar-refractivity contribution >= 4 is 17.7 Å². The molecule has 0 aliphatic rings. The van der Waals surface area contributed by atoms with Crippen LogP contribution in [-0.4, -0.2) is 38.4 Å². The summed E-state index contributed by atoms with van der Waals surface area (Å²) in [5.74, 6) is -1.50. The number of ether oxygens (including phenoxy) is 1. The molecule has 0 aliphatic carbocycles. The predicted octanol–water partition coefficient (Wildman–Crippen LogP) is -0.642. The summed E-state index contributed by atoms with van der Waals surface area (Å²) in [5.41, 5.74) is 0.108. The minimum atomic E-state index is -0.601. The van der Waals surface area contributed by atoms with Gasteiger partial charge in [-0.15, -0.1) is 0 Å². The summed E-state index contributed by atoms with van der Waals surface area (Å²) < 4.78 is 4.60. The van der Waals surface area contributed by atoms with E-state index in [1.165, 1.54) is 14.1 Å². The van der Waals surface area contributed by atoms with E-state index in [0.717, 1.165) is 6.08 Å². The molecule has 6 nitrogen and oxygen atoms in total. The molecule has 0 spiro atoms. The van der Waals surface area contributed by atoms with Crippen LogP contribution in [0, 0.1) is 0 Å². The molecule has 0 aromatic heterocycles. The number of hydrogen-bond acceptors (Lipinski definition) is 5. The number of amides is 1. The lowest BCUT2D eigenvalue weighted by Gasteiger charge is -2.04. The van der Waals surface area contributed by atoms with Crippen LogP contribution in [0.15, 0.2) is 11.8 Å². The maximum Gasteiger partial charge on any atom is 0.313 e. The lowest BCUT2D eigenvalue weighted by molar-refractivity contribution is -0.144. The number of rotatable bonds is 6. The summed E-state index contributed by atoms with van der Waals surface area (Å²) in [6.45, 7) is 1.88. The second-order valence-corrected chi connectivity index (χ2v) is 2.84. The average molecular weight is 228 g/mol. The van der Waals surface area contributed by atoms with E-state index in [1.807, 2.05) is 0 Å². The van der Waals surface area contributed by atoms with Gasteiger partial charge in [0, 0.05) is 20.2 Å². The molecule has 0 saturated heterocycles. The van der Waals surface area contributed by atoms with E-state index < -0.39 is 17.7 Å². The smallest absolute Gasteiger partial charge is 0.313 e. The predicted molar refractivity (Wildman–Crippen MR) is 57.5 cm³/mol. The Balaban J connectivity index is 4.43. The standard InChI is InChI=1S/C10H16N2O4/c1-4-16-9(14)6-7(13)5-8(11-2)10(15)12-3/h5,11H,4,6H2,1-3H3,(H,12,15)/b8-5-. The first-order valence-electron chi connectivity index (χ1n) is 4.85. The second-order valence-electron chi connectivity index (χ2n) is 2.84. The molecule has 0 radical (unpaired) electrons. The first kappa shape index (κ1) is 14.2. The summed E-state index contributed by atoms with van der Waals surface area (Å²) in [6, 6.07) is 0. The minimum Gasteiger partial charge on any atom is -0.466 e. The lowest BCUT2D eigenvalue weighted by atomic mass is 10.2. The van der Waals surface area contributed by atoms with Crippen LogP contribution in [0.3, 0.4) is 0 Å². The van der Waals surface area contributed by atoms with Crippen molar-refractivity contribution in [1.82, 2.24) is 10.6 Å². The Kier molecular flexibility index (Phi) is 6.58. The Morgan fingerprint density at radius 1 is 1.19 bits per heavy atom. The molecule has 0 atom stereocenters. The van der Waals surface area contributed by atoms with E-state index in [9.17, 15) is 14.4 Å². The fraction of sp³-hybridized carbons (Fsp3) is 0.500. The number of esters is 1. The Hall–Kier alpha value is -1.85. The van der Waals surface area contributed by atoms with Gasteiger partial charge in [-0.1, -0.05) is 0 Å². The van der Waals surface area contributed by atoms with Gasteiger partial charge in [0.15, 0.2) is 5.78 Å². The third-order valence-electron chi connectivity index (χ3n) is 1.67. The molecule has 1 amide bonds. The van der Waals surface area contributed by atoms with Gasteiger partial charge in [0.1, 0.15) is 12.1 Å². The van der Waals surface area contributed by atoms with E-state index in [2.05, 4.69) is 15.4 Å². The molecule has 2 N–H and O–H groups in total. The zero-order valence-electron chi connectivity index (χ0n) is 9.62. The van der Waals surface area contributed by atoms with Crippen molar-refractivity contribution in [1.29, 1.82) is 0 Å². The third kappa shape index (κ3) is 5.14. The fourth-order valence-corrected chi connectivity index (χ4v) is 0.952. The average Bonchev–Trinajstić information content (AvgIpc) is 2.25. The van der Waals surface area contributed by atoms with Crippen LogP contribution >= 0.6 is 0 Å². The molecule has 6 heteroatoms. The van der Waals surface area contributed by atoms with Gasteiger partial charge in [0.2, 0.25) is 0 Å². The molecular weight excluding hydrogens is 212 g/mol. The lowest BCUT2D eigenvalue weighted by Crippen LogP contribution is -2.28. The van der Waals surface area contributed by atoms with Crippen molar-refractivity contribution < 1.29 is 19.1 Å². The monoisotopic (exact) mass is 228 g/mol. The first-order valence-corrected chi connectivity index (χ1v) is 4.85. The molecule has 0 aliphatic heterocycles. The summed E-state index contributed by atoms with van der Waals surface area (Å²) >= 11 is 0. The molecule has 90 valence electrons. The van der Waals surface area contributed by atoms with Gasteiger partial charge in [-0.25, -0.2) is 0 Å². The molecule has 0 aromatic rings. The zero-order chi connectivity index (χ0) is 12.6. The van der Waals surface area contributed by atoms with E-state index in [1.54, 1.807) is 6.92 Å². The normalized spacial score (nSPS) is 10.6. The molecule has 0 fully saturated rings. The Bertz CT molecular complexity index is 310. The number of nitrogens with one attached hydrogen (secondary N) is 2. The van der Waals surface area contributed by atoms with Crippen molar-refractivity contribution in [2.45, 2.75) is 13.3 Å². The van der Waals surface area contributed by atoms with Crippen molar-refractivity contribution in [2.75, 3.05) is 20.7 Å². The van der Waals surface area contributed by atoms with Crippen molar-refractivity contribution in [3.05, 3.63) is 11.8 Å². The van der Waals surface area contributed by atoms with Gasteiger partial charge in [-0.3, -0.25) is 14.4 Å². The van der Waals surface area contributed by atoms with Crippen molar-refractivity contribution in [2.24, 2.45) is 0 Å². The number of likely N-dealkylation sites (N-methyl/N-ethyl adjacent to an activating group) is 2. The van der Waals surface area contributed by atoms with Crippen LogP contribution in [0.4, 0.5) is 0 Å². The molecule has 0 rings (SSSR count). The Morgan fingerprint density at radius 3 is 2.25 bits per heavy atom. The van der Waals surface area contributed by atoms with Gasteiger partial charge in [0.05, 0.1) is 6.61 Å². The van der Waals surface area contributed by atoms with Crippen LogP contribution in [-0.2, 0) is 19.1 Å². The van der Waals surface area contributed by atoms with Gasteiger partial charge < -0.3 is 15.4 Å². The van der Waals surface area contributed by atoms with Gasteiger partial charge >= 0.3 is 5.97 Å². The second kappa shape index (κ2) is 7.44. The van der Waals surface area contributed by atoms with Crippen molar-refractivity contribution in [3.8, 4) is 0 Å². The van der Waals surface area contributed by atoms with Crippen LogP contribution in [0.5, 0.6) is 0 Å². The summed E-state index contributed by atoms with van der Waals surface area (Å²) in [4.78, 5) is 33.5. The highest BCUT2D eigenvalue weighted by Gasteiger charge is 2.11. The summed E-state index contributed by atoms with van der Waals surface area (Å²) in [7, 11) is 2.96. The molecule has 16 heavy (non-hydrogen) atoms. The minimum absolute atomic E-state index is 0.108. The maximum absolute atomic E-state index is 11.3.